The van der Waals surface area contributed by atoms with Gasteiger partial charge in [0.05, 0.1) is 11.2 Å². The fraction of sp³-hybridized carbons (Fsp3) is 0.0222. The Morgan fingerprint density at radius 2 is 0.796 bits per heavy atom. The van der Waals surface area contributed by atoms with Gasteiger partial charge in [-0.1, -0.05) is 286 Å². The van der Waals surface area contributed by atoms with Crippen molar-refractivity contribution in [2.45, 2.75) is 13.8 Å². The number of nitrogens with zero attached hydrogens (tertiary/aromatic N) is 8. The molecule has 0 unspecified atom stereocenters. The number of hydrogen-bond donors (Lipinski definition) is 0. The third-order valence-electron chi connectivity index (χ3n) is 18.4. The molecule has 0 aliphatic heterocycles. The lowest BCUT2D eigenvalue weighted by atomic mass is 9.93. The van der Waals surface area contributed by atoms with Gasteiger partial charge in [0.1, 0.15) is 0 Å². The van der Waals surface area contributed by atoms with Gasteiger partial charge in [-0.15, -0.1) is 0 Å². The van der Waals surface area contributed by atoms with Gasteiger partial charge < -0.3 is 0 Å². The lowest BCUT2D eigenvalue weighted by molar-refractivity contribution is 1.07. The normalized spacial score (nSPS) is 11.7. The highest BCUT2D eigenvalue weighted by atomic mass is 15.0. The van der Waals surface area contributed by atoms with Crippen LogP contribution in [0.3, 0.4) is 0 Å². The topological polar surface area (TPSA) is 103 Å². The van der Waals surface area contributed by atoms with Crippen molar-refractivity contribution in [2.24, 2.45) is 4.99 Å². The number of benzene rings is 13. The fourth-order valence-corrected chi connectivity index (χ4v) is 13.3. The van der Waals surface area contributed by atoms with E-state index in [0.717, 1.165) is 138 Å². The highest BCUT2D eigenvalue weighted by Gasteiger charge is 2.19. The largest absolute Gasteiger partial charge is 0.264 e. The van der Waals surface area contributed by atoms with E-state index in [-0.39, 0.29) is 0 Å². The molecule has 0 aliphatic rings. The van der Waals surface area contributed by atoms with E-state index in [1.807, 2.05) is 37.4 Å². The zero-order valence-electron chi connectivity index (χ0n) is 54.0. The van der Waals surface area contributed by atoms with E-state index in [2.05, 4.69) is 304 Å². The second kappa shape index (κ2) is 26.0. The van der Waals surface area contributed by atoms with Crippen molar-refractivity contribution in [1.82, 2.24) is 34.9 Å². The summed E-state index contributed by atoms with van der Waals surface area (Å²) in [5.74, 6) is 3.55. The lowest BCUT2D eigenvalue weighted by Gasteiger charge is -2.13. The SMILES string of the molecule is C=C/C=C\c1cc(-c2nc(-c3ccc(-c4ccnc5c(-c6ccc7c(-c8ccc(-c9nc(-c%10ccc(/C(=C/C)c%11ccccc%11N=C)cc%10)nc(-c%10ccc(-c%11cccc%12ccccc%11%12)cc%10)n9)cc8)cccc7c6)cccc45)cc3)nc(-c3ccc4ccccc4c3)n2)ccc1C. The third kappa shape index (κ3) is 11.6. The number of pyridine rings is 1. The van der Waals surface area contributed by atoms with Crippen LogP contribution in [0.1, 0.15) is 29.2 Å². The Labute approximate surface area is 568 Å². The van der Waals surface area contributed by atoms with Crippen LogP contribution in [-0.4, -0.2) is 41.6 Å². The van der Waals surface area contributed by atoms with E-state index in [1.165, 1.54) is 16.3 Å². The van der Waals surface area contributed by atoms with Gasteiger partial charge >= 0.3 is 0 Å². The molecule has 16 rings (SSSR count). The van der Waals surface area contributed by atoms with E-state index in [0.29, 0.717) is 34.9 Å². The van der Waals surface area contributed by atoms with Crippen molar-refractivity contribution in [1.29, 1.82) is 0 Å². The average Bonchev–Trinajstić information content (AvgIpc) is 0.805. The third-order valence-corrected chi connectivity index (χ3v) is 18.4. The van der Waals surface area contributed by atoms with Gasteiger partial charge in [0.15, 0.2) is 34.9 Å². The lowest BCUT2D eigenvalue weighted by Crippen LogP contribution is -2.00. The Morgan fingerprint density at radius 1 is 0.357 bits per heavy atom. The molecule has 0 aliphatic carbocycles. The van der Waals surface area contributed by atoms with E-state index >= 15 is 0 Å². The van der Waals surface area contributed by atoms with Crippen LogP contribution in [0.25, 0.3) is 168 Å². The van der Waals surface area contributed by atoms with Crippen molar-refractivity contribution in [3.05, 3.63) is 338 Å². The number of aryl methyl sites for hydroxylation is 1. The van der Waals surface area contributed by atoms with Gasteiger partial charge in [0, 0.05) is 56.1 Å². The molecule has 0 N–H and O–H groups in total. The minimum Gasteiger partial charge on any atom is -0.264 e. The summed E-state index contributed by atoms with van der Waals surface area (Å²) < 4.78 is 0. The molecule has 0 atom stereocenters. The first-order chi connectivity index (χ1) is 48.3. The van der Waals surface area contributed by atoms with Gasteiger partial charge in [-0.25, -0.2) is 29.9 Å². The standard InChI is InChI=1S/C90H62N8/c1-5-7-17-68-54-72(31-30-57(68)3)89-96-88(97-90(98-89)73-49-32-58-18-8-9-20-69(58)55-73)67-47-39-63(40-48-67)79-52-53-92-84-80(27-16-28-82(79)84)71-50-51-78-70(56-71)22-15-26-77(78)62-37-45-66(46-38-62)87-94-85(64-41-33-60(34-42-64)74(6-2)81-24-12-13-29-83(81)91-4)93-86(95-87)65-43-35-61(36-44-65)76-25-14-21-59-19-10-11-23-75(59)76/h5-56H,1,4H2,2-3H3/b17-7-,74-6-. The Morgan fingerprint density at radius 3 is 1.41 bits per heavy atom. The van der Waals surface area contributed by atoms with Crippen LogP contribution in [0.15, 0.2) is 321 Å². The summed E-state index contributed by atoms with van der Waals surface area (Å²) in [5, 5.41) is 8.01. The number of para-hydroxylation sites is 2. The van der Waals surface area contributed by atoms with Crippen molar-refractivity contribution < 1.29 is 0 Å². The summed E-state index contributed by atoms with van der Waals surface area (Å²) >= 11 is 0. The van der Waals surface area contributed by atoms with E-state index in [4.69, 9.17) is 34.9 Å². The predicted molar refractivity (Wildman–Crippen MR) is 408 cm³/mol. The first kappa shape index (κ1) is 59.9. The van der Waals surface area contributed by atoms with E-state index < -0.39 is 0 Å². The van der Waals surface area contributed by atoms with Crippen LogP contribution < -0.4 is 0 Å². The molecule has 0 amide bonds. The second-order valence-electron chi connectivity index (χ2n) is 24.4. The molecule has 0 saturated heterocycles. The molecule has 0 fully saturated rings. The van der Waals surface area contributed by atoms with Crippen molar-refractivity contribution in [2.75, 3.05) is 0 Å². The van der Waals surface area contributed by atoms with E-state index in [1.54, 1.807) is 6.08 Å². The quantitative estimate of drug-likeness (QED) is 0.0744. The maximum atomic E-state index is 5.20. The molecule has 0 radical (unpaired) electrons. The molecule has 462 valence electrons. The minimum atomic E-state index is 0.579. The molecule has 3 aromatic heterocycles. The van der Waals surface area contributed by atoms with Crippen LogP contribution >= 0.6 is 0 Å². The molecular formula is C90H62N8. The summed E-state index contributed by atoms with van der Waals surface area (Å²) in [7, 11) is 0. The molecule has 8 heteroatoms. The number of fused-ring (bicyclic) bond motifs is 4. The number of aliphatic imine (C=N–C) groups is 1. The fourth-order valence-electron chi connectivity index (χ4n) is 13.3. The predicted octanol–water partition coefficient (Wildman–Crippen LogP) is 23.0. The molecule has 0 saturated carbocycles. The zero-order valence-corrected chi connectivity index (χ0v) is 54.0. The second-order valence-corrected chi connectivity index (χ2v) is 24.4. The van der Waals surface area contributed by atoms with Crippen molar-refractivity contribution in [3.8, 4) is 113 Å². The van der Waals surface area contributed by atoms with Gasteiger partial charge in [-0.05, 0) is 144 Å². The highest BCUT2D eigenvalue weighted by Crippen LogP contribution is 2.40. The first-order valence-electron chi connectivity index (χ1n) is 32.8. The maximum absolute atomic E-state index is 5.20. The van der Waals surface area contributed by atoms with Gasteiger partial charge in [0.2, 0.25) is 0 Å². The van der Waals surface area contributed by atoms with E-state index in [9.17, 15) is 0 Å². The van der Waals surface area contributed by atoms with Gasteiger partial charge in [-0.3, -0.25) is 9.98 Å². The molecule has 0 bridgehead atoms. The monoisotopic (exact) mass is 1250 g/mol. The summed E-state index contributed by atoms with van der Waals surface area (Å²) in [6, 6.07) is 99.9. The first-order valence-corrected chi connectivity index (χ1v) is 32.8. The van der Waals surface area contributed by atoms with Crippen molar-refractivity contribution in [3.63, 3.8) is 0 Å². The molecular weight excluding hydrogens is 1190 g/mol. The number of hydrogen-bond acceptors (Lipinski definition) is 8. The maximum Gasteiger partial charge on any atom is 0.164 e. The molecule has 13 aromatic carbocycles. The number of allylic oxidation sites excluding steroid dienone is 3. The minimum absolute atomic E-state index is 0.579. The summed E-state index contributed by atoms with van der Waals surface area (Å²) in [4.78, 5) is 40.3. The molecule has 8 nitrogen and oxygen atoms in total. The Hall–Kier alpha value is -13.0. The summed E-state index contributed by atoms with van der Waals surface area (Å²) in [6.45, 7) is 11.9. The van der Waals surface area contributed by atoms with Crippen LogP contribution in [0, 0.1) is 6.92 Å². The van der Waals surface area contributed by atoms with Crippen molar-refractivity contribution >= 4 is 67.3 Å². The van der Waals surface area contributed by atoms with Gasteiger partial charge in [-0.2, -0.15) is 0 Å². The Balaban J connectivity index is 0.701. The zero-order chi connectivity index (χ0) is 66.1. The highest BCUT2D eigenvalue weighted by molar-refractivity contribution is 6.05. The summed E-state index contributed by atoms with van der Waals surface area (Å²) in [6.07, 6.45) is 9.82. The molecule has 98 heavy (non-hydrogen) atoms. The van der Waals surface area contributed by atoms with Crippen LogP contribution in [0.2, 0.25) is 0 Å². The average molecular weight is 1260 g/mol. The number of rotatable bonds is 15. The van der Waals surface area contributed by atoms with Gasteiger partial charge in [0.25, 0.3) is 0 Å². The molecule has 3 heterocycles. The Kier molecular flexibility index (Phi) is 15.9. The Bertz CT molecular complexity index is 5850. The summed E-state index contributed by atoms with van der Waals surface area (Å²) in [5.41, 5.74) is 21.2. The molecule has 0 spiro atoms. The van der Waals surface area contributed by atoms with Crippen LogP contribution in [0.5, 0.6) is 0 Å². The number of aromatic nitrogens is 7. The molecule has 16 aromatic rings. The smallest absolute Gasteiger partial charge is 0.164 e. The van der Waals surface area contributed by atoms with Crippen LogP contribution in [-0.2, 0) is 0 Å². The van der Waals surface area contributed by atoms with Crippen LogP contribution in [0.4, 0.5) is 5.69 Å².